The molecule has 0 saturated carbocycles. The van der Waals surface area contributed by atoms with Crippen LogP contribution in [0.4, 0.5) is 27.7 Å². The number of hydrogen-bond acceptors (Lipinski definition) is 7. The molecule has 0 radical (unpaired) electrons. The average molecular weight is 459 g/mol. The molecule has 11 nitrogen and oxygen atoms in total. The fourth-order valence-electron chi connectivity index (χ4n) is 3.80. The molecule has 1 fully saturated rings. The maximum atomic E-state index is 12.3. The quantitative estimate of drug-likeness (QED) is 0.303. The molecule has 1 aliphatic heterocycles. The molecule has 0 unspecified atom stereocenters. The van der Waals surface area contributed by atoms with E-state index in [4.69, 9.17) is 4.74 Å². The van der Waals surface area contributed by atoms with Crippen molar-refractivity contribution in [1.29, 1.82) is 0 Å². The lowest BCUT2D eigenvalue weighted by Crippen LogP contribution is -2.36. The Hall–Kier alpha value is -4.51. The fraction of sp³-hybridized carbons (Fsp3) is 0.174. The maximum Gasteiger partial charge on any atom is 0.323 e. The van der Waals surface area contributed by atoms with Crippen LogP contribution in [-0.4, -0.2) is 52.2 Å². The van der Waals surface area contributed by atoms with Crippen molar-refractivity contribution < 1.29 is 14.5 Å². The Morgan fingerprint density at radius 3 is 2.29 bits per heavy atom. The van der Waals surface area contributed by atoms with Gasteiger partial charge < -0.3 is 25.3 Å². The van der Waals surface area contributed by atoms with E-state index in [-0.39, 0.29) is 5.69 Å². The first-order valence-electron chi connectivity index (χ1n) is 10.7. The monoisotopic (exact) mass is 459 g/mol. The summed E-state index contributed by atoms with van der Waals surface area (Å²) in [6.45, 7) is 2.92. The van der Waals surface area contributed by atoms with Crippen molar-refractivity contribution in [3.8, 4) is 11.3 Å². The molecule has 172 valence electrons. The highest BCUT2D eigenvalue weighted by molar-refractivity contribution is 6.00. The van der Waals surface area contributed by atoms with E-state index in [2.05, 4.69) is 30.5 Å². The second-order valence-electron chi connectivity index (χ2n) is 7.70. The molecule has 2 aromatic heterocycles. The molecule has 3 heterocycles. The maximum absolute atomic E-state index is 12.3. The van der Waals surface area contributed by atoms with Gasteiger partial charge in [-0.1, -0.05) is 12.1 Å². The van der Waals surface area contributed by atoms with Gasteiger partial charge in [0.2, 0.25) is 0 Å². The molecule has 1 aliphatic rings. The van der Waals surface area contributed by atoms with E-state index in [1.807, 2.05) is 18.2 Å². The van der Waals surface area contributed by atoms with Gasteiger partial charge in [0, 0.05) is 42.3 Å². The van der Waals surface area contributed by atoms with Crippen molar-refractivity contribution >= 4 is 39.9 Å². The summed E-state index contributed by atoms with van der Waals surface area (Å²) < 4.78 is 5.44. The SMILES string of the molecule is O=C(Nc1ccc(-c2cc3c(N4CCOCC4)ncnc3[nH]2)cc1)Nc1ccc([N+](=O)[O-])cc1. The molecule has 34 heavy (non-hydrogen) atoms. The van der Waals surface area contributed by atoms with Gasteiger partial charge in [0.1, 0.15) is 17.8 Å². The molecule has 4 aromatic rings. The molecule has 2 amide bonds. The van der Waals surface area contributed by atoms with E-state index >= 15 is 0 Å². The number of amides is 2. The predicted molar refractivity (Wildman–Crippen MR) is 128 cm³/mol. The van der Waals surface area contributed by atoms with Gasteiger partial charge >= 0.3 is 6.03 Å². The molecular weight excluding hydrogens is 438 g/mol. The van der Waals surface area contributed by atoms with Gasteiger partial charge in [-0.25, -0.2) is 14.8 Å². The number of ether oxygens (including phenoxy) is 1. The minimum absolute atomic E-state index is 0.0402. The first-order valence-corrected chi connectivity index (χ1v) is 10.7. The standard InChI is InChI=1S/C23H21N7O4/c31-23(27-17-5-7-18(8-6-17)30(32)33)26-16-3-1-15(2-4-16)20-13-19-21(28-20)24-14-25-22(19)29-9-11-34-12-10-29/h1-8,13-14H,9-12H2,(H,24,25,28)(H2,26,27,31). The normalized spacial score (nSPS) is 13.6. The van der Waals surface area contributed by atoms with Crippen molar-refractivity contribution in [3.05, 3.63) is 71.0 Å². The Balaban J connectivity index is 1.28. The molecule has 0 bridgehead atoms. The van der Waals surface area contributed by atoms with E-state index < -0.39 is 11.0 Å². The molecule has 0 atom stereocenters. The topological polar surface area (TPSA) is 138 Å². The van der Waals surface area contributed by atoms with Crippen LogP contribution in [0.1, 0.15) is 0 Å². The van der Waals surface area contributed by atoms with Crippen LogP contribution in [0, 0.1) is 10.1 Å². The highest BCUT2D eigenvalue weighted by Gasteiger charge is 2.17. The van der Waals surface area contributed by atoms with Crippen molar-refractivity contribution in [1.82, 2.24) is 15.0 Å². The zero-order valence-electron chi connectivity index (χ0n) is 18.0. The third-order valence-electron chi connectivity index (χ3n) is 5.51. The number of hydrogen-bond donors (Lipinski definition) is 3. The highest BCUT2D eigenvalue weighted by Crippen LogP contribution is 2.29. The molecule has 0 spiro atoms. The number of carbonyl (C=O) groups excluding carboxylic acids is 1. The van der Waals surface area contributed by atoms with Crippen molar-refractivity contribution in [3.63, 3.8) is 0 Å². The van der Waals surface area contributed by atoms with Crippen LogP contribution in [0.25, 0.3) is 22.3 Å². The van der Waals surface area contributed by atoms with E-state index in [0.717, 1.165) is 41.2 Å². The van der Waals surface area contributed by atoms with Gasteiger partial charge in [-0.15, -0.1) is 0 Å². The number of rotatable bonds is 5. The second kappa shape index (κ2) is 9.16. The number of aromatic amines is 1. The summed E-state index contributed by atoms with van der Waals surface area (Å²) in [5.74, 6) is 0.886. The average Bonchev–Trinajstić information content (AvgIpc) is 3.30. The molecule has 0 aliphatic carbocycles. The van der Waals surface area contributed by atoms with E-state index in [0.29, 0.717) is 24.6 Å². The third-order valence-corrected chi connectivity index (χ3v) is 5.51. The number of urea groups is 1. The number of H-pyrrole nitrogens is 1. The van der Waals surface area contributed by atoms with Crippen molar-refractivity contribution in [2.45, 2.75) is 0 Å². The van der Waals surface area contributed by atoms with Gasteiger partial charge in [0.05, 0.1) is 23.5 Å². The zero-order valence-corrected chi connectivity index (χ0v) is 18.0. The van der Waals surface area contributed by atoms with E-state index in [1.165, 1.54) is 24.3 Å². The third kappa shape index (κ3) is 4.50. The lowest BCUT2D eigenvalue weighted by molar-refractivity contribution is -0.384. The minimum Gasteiger partial charge on any atom is -0.378 e. The summed E-state index contributed by atoms with van der Waals surface area (Å²) in [6, 6.07) is 14.6. The number of carbonyl (C=O) groups is 1. The van der Waals surface area contributed by atoms with Crippen LogP contribution < -0.4 is 15.5 Å². The van der Waals surface area contributed by atoms with Crippen LogP contribution in [-0.2, 0) is 4.74 Å². The molecule has 2 aromatic carbocycles. The number of aromatic nitrogens is 3. The summed E-state index contributed by atoms with van der Waals surface area (Å²) in [7, 11) is 0. The van der Waals surface area contributed by atoms with Gasteiger partial charge in [0.15, 0.2) is 0 Å². The number of nitrogens with zero attached hydrogens (tertiary/aromatic N) is 4. The Morgan fingerprint density at radius 1 is 1.00 bits per heavy atom. The second-order valence-corrected chi connectivity index (χ2v) is 7.70. The lowest BCUT2D eigenvalue weighted by atomic mass is 10.1. The van der Waals surface area contributed by atoms with Crippen molar-refractivity contribution in [2.75, 3.05) is 41.8 Å². The summed E-state index contributed by atoms with van der Waals surface area (Å²) in [5.41, 5.74) is 3.61. The van der Waals surface area contributed by atoms with Crippen LogP contribution in [0.3, 0.4) is 0 Å². The summed E-state index contributed by atoms with van der Waals surface area (Å²) in [5, 5.41) is 17.1. The Bertz CT molecular complexity index is 1330. The smallest absolute Gasteiger partial charge is 0.323 e. The zero-order chi connectivity index (χ0) is 23.5. The van der Waals surface area contributed by atoms with Crippen LogP contribution >= 0.6 is 0 Å². The summed E-state index contributed by atoms with van der Waals surface area (Å²) >= 11 is 0. The van der Waals surface area contributed by atoms with Crippen LogP contribution in [0.2, 0.25) is 0 Å². The number of morpholine rings is 1. The van der Waals surface area contributed by atoms with Gasteiger partial charge in [-0.2, -0.15) is 0 Å². The number of benzene rings is 2. The Morgan fingerprint density at radius 2 is 1.65 bits per heavy atom. The number of fused-ring (bicyclic) bond motifs is 1. The number of nitro benzene ring substituents is 1. The van der Waals surface area contributed by atoms with Gasteiger partial charge in [-0.05, 0) is 35.9 Å². The highest BCUT2D eigenvalue weighted by atomic mass is 16.6. The largest absolute Gasteiger partial charge is 0.378 e. The fourth-order valence-corrected chi connectivity index (χ4v) is 3.80. The van der Waals surface area contributed by atoms with Gasteiger partial charge in [-0.3, -0.25) is 10.1 Å². The van der Waals surface area contributed by atoms with E-state index in [9.17, 15) is 14.9 Å². The van der Waals surface area contributed by atoms with Crippen LogP contribution in [0.5, 0.6) is 0 Å². The molecule has 5 rings (SSSR count). The first-order chi connectivity index (χ1) is 16.6. The minimum atomic E-state index is -0.492. The molecule has 11 heteroatoms. The Labute approximate surface area is 193 Å². The summed E-state index contributed by atoms with van der Waals surface area (Å²) in [4.78, 5) is 36.9. The van der Waals surface area contributed by atoms with Crippen LogP contribution in [0.15, 0.2) is 60.9 Å². The molecule has 1 saturated heterocycles. The summed E-state index contributed by atoms with van der Waals surface area (Å²) in [6.07, 6.45) is 1.56. The van der Waals surface area contributed by atoms with Gasteiger partial charge in [0.25, 0.3) is 5.69 Å². The Kier molecular flexibility index (Phi) is 5.75. The lowest BCUT2D eigenvalue weighted by Gasteiger charge is -2.27. The molecular formula is C23H21N7O4. The van der Waals surface area contributed by atoms with Crippen molar-refractivity contribution in [2.24, 2.45) is 0 Å². The number of anilines is 3. The molecule has 3 N–H and O–H groups in total. The number of nitro groups is 1. The number of nitrogens with one attached hydrogen (secondary N) is 3. The van der Waals surface area contributed by atoms with E-state index in [1.54, 1.807) is 18.5 Å². The number of non-ortho nitro benzene ring substituents is 1. The first kappa shape index (κ1) is 21.3. The predicted octanol–water partition coefficient (Wildman–Crippen LogP) is 4.01.